The number of fused-ring (bicyclic) bond motifs is 10. The van der Waals surface area contributed by atoms with Gasteiger partial charge in [0.2, 0.25) is 0 Å². The molecular formula is C33H27NO2. The fourth-order valence-electron chi connectivity index (χ4n) is 5.23. The van der Waals surface area contributed by atoms with Crippen molar-refractivity contribution >= 4 is 54.6 Å². The van der Waals surface area contributed by atoms with Gasteiger partial charge < -0.3 is 8.83 Å². The first-order valence-corrected chi connectivity index (χ1v) is 12.1. The molecular weight excluding hydrogens is 442 g/mol. The van der Waals surface area contributed by atoms with Crippen molar-refractivity contribution in [3.8, 4) is 11.3 Å². The average molecular weight is 475 g/mol. The summed E-state index contributed by atoms with van der Waals surface area (Å²) in [6.45, 7) is 2.78. The van der Waals surface area contributed by atoms with E-state index >= 15 is 0 Å². The number of nitrogens with zero attached hydrogens (tertiary/aromatic N) is 1. The van der Waals surface area contributed by atoms with Crippen molar-refractivity contribution in [3.63, 3.8) is 0 Å². The molecule has 0 bridgehead atoms. The first-order valence-electron chi connectivity index (χ1n) is 14.6. The molecule has 3 heteroatoms. The van der Waals surface area contributed by atoms with Gasteiger partial charge in [0, 0.05) is 50.9 Å². The number of aromatic nitrogens is 1. The van der Waals surface area contributed by atoms with Crippen molar-refractivity contribution < 1.29 is 15.7 Å². The maximum absolute atomic E-state index is 8.94. The van der Waals surface area contributed by atoms with E-state index in [0.29, 0.717) is 16.8 Å². The summed E-state index contributed by atoms with van der Waals surface area (Å²) in [4.78, 5) is 4.55. The highest BCUT2D eigenvalue weighted by Gasteiger charge is 2.22. The number of benzene rings is 4. The van der Waals surface area contributed by atoms with Crippen LogP contribution in [0.25, 0.3) is 65.9 Å². The Labute approximate surface area is 216 Å². The number of aryl methyl sites for hydroxylation is 1. The Morgan fingerprint density at radius 2 is 1.44 bits per heavy atom. The second-order valence-corrected chi connectivity index (χ2v) is 10.3. The second kappa shape index (κ2) is 7.44. The summed E-state index contributed by atoms with van der Waals surface area (Å²) < 4.78 is 55.2. The normalized spacial score (nSPS) is 15.4. The highest BCUT2D eigenvalue weighted by atomic mass is 16.3. The summed E-state index contributed by atoms with van der Waals surface area (Å²) in [5.41, 5.74) is 3.18. The summed E-state index contributed by atoms with van der Waals surface area (Å²) >= 11 is 0. The molecule has 36 heavy (non-hydrogen) atoms. The third-order valence-electron chi connectivity index (χ3n) is 6.67. The minimum Gasteiger partial charge on any atom is -0.455 e. The zero-order chi connectivity index (χ0) is 28.9. The van der Waals surface area contributed by atoms with Crippen LogP contribution in [-0.2, 0) is 6.37 Å². The zero-order valence-corrected chi connectivity index (χ0v) is 20.3. The van der Waals surface area contributed by atoms with Crippen LogP contribution in [0.2, 0.25) is 0 Å². The van der Waals surface area contributed by atoms with E-state index in [1.165, 1.54) is 6.20 Å². The van der Waals surface area contributed by atoms with Gasteiger partial charge in [0.15, 0.2) is 0 Å². The van der Waals surface area contributed by atoms with Crippen LogP contribution in [0.15, 0.2) is 87.8 Å². The smallest absolute Gasteiger partial charge is 0.144 e. The van der Waals surface area contributed by atoms with Gasteiger partial charge in [-0.05, 0) is 48.0 Å². The summed E-state index contributed by atoms with van der Waals surface area (Å²) in [5, 5.41) is 5.65. The maximum atomic E-state index is 8.94. The molecule has 7 rings (SSSR count). The number of furan rings is 2. The van der Waals surface area contributed by atoms with Gasteiger partial charge in [0.05, 0.1) is 5.69 Å². The molecule has 0 aliphatic rings. The number of hydrogen-bond donors (Lipinski definition) is 0. The van der Waals surface area contributed by atoms with Gasteiger partial charge in [-0.1, -0.05) is 75.4 Å². The third kappa shape index (κ3) is 3.09. The first kappa shape index (κ1) is 16.5. The Kier molecular flexibility index (Phi) is 3.42. The Morgan fingerprint density at radius 1 is 0.778 bits per heavy atom. The Morgan fingerprint density at radius 3 is 2.19 bits per heavy atom. The lowest BCUT2D eigenvalue weighted by Crippen LogP contribution is -2.10. The fourth-order valence-corrected chi connectivity index (χ4v) is 5.23. The maximum Gasteiger partial charge on any atom is 0.144 e. The summed E-state index contributed by atoms with van der Waals surface area (Å²) in [6, 6.07) is 23.4. The SMILES string of the molecule is [2H]C([2H])([2H])c1cnc(-c2cccc3c2oc2c4ccccc4c4oc5ccccc5c4c32)cc1C([2H])([2H])C(C)(C)C. The quantitative estimate of drug-likeness (QED) is 0.250. The Bertz CT molecular complexity index is 2160. The average Bonchev–Trinajstić information content (AvgIpc) is 3.51. The lowest BCUT2D eigenvalue weighted by Gasteiger charge is -2.20. The molecule has 3 nitrogen and oxygen atoms in total. The molecule has 3 heterocycles. The fraction of sp³-hybridized carbons (Fsp3) is 0.182. The molecule has 0 aliphatic heterocycles. The van der Waals surface area contributed by atoms with Crippen LogP contribution < -0.4 is 0 Å². The van der Waals surface area contributed by atoms with Gasteiger partial charge in [-0.3, -0.25) is 4.98 Å². The minimum absolute atomic E-state index is 0.0875. The molecule has 0 spiro atoms. The van der Waals surface area contributed by atoms with E-state index in [9.17, 15) is 0 Å². The number of pyridine rings is 1. The van der Waals surface area contributed by atoms with Gasteiger partial charge in [0.25, 0.3) is 0 Å². The number of para-hydroxylation sites is 2. The summed E-state index contributed by atoms with van der Waals surface area (Å²) in [6.07, 6.45) is -0.645. The van der Waals surface area contributed by atoms with E-state index in [4.69, 9.17) is 15.7 Å². The van der Waals surface area contributed by atoms with E-state index in [-0.39, 0.29) is 11.1 Å². The largest absolute Gasteiger partial charge is 0.455 e. The molecule has 0 unspecified atom stereocenters. The molecule has 7 aromatic rings. The predicted octanol–water partition coefficient (Wildman–Crippen LogP) is 9.60. The van der Waals surface area contributed by atoms with Crippen LogP contribution >= 0.6 is 0 Å². The van der Waals surface area contributed by atoms with Crippen molar-refractivity contribution in [2.45, 2.75) is 34.0 Å². The molecule has 0 aliphatic carbocycles. The van der Waals surface area contributed by atoms with E-state index < -0.39 is 18.6 Å². The van der Waals surface area contributed by atoms with Gasteiger partial charge in [-0.2, -0.15) is 0 Å². The van der Waals surface area contributed by atoms with Crippen LogP contribution in [0.4, 0.5) is 0 Å². The molecule has 176 valence electrons. The van der Waals surface area contributed by atoms with Crippen LogP contribution in [0.3, 0.4) is 0 Å². The van der Waals surface area contributed by atoms with Crippen LogP contribution in [0, 0.1) is 12.3 Å². The molecule has 0 fully saturated rings. The van der Waals surface area contributed by atoms with Gasteiger partial charge in [0.1, 0.15) is 22.3 Å². The molecule has 0 saturated carbocycles. The van der Waals surface area contributed by atoms with Crippen LogP contribution in [0.5, 0.6) is 0 Å². The van der Waals surface area contributed by atoms with Crippen molar-refractivity contribution in [1.29, 1.82) is 0 Å². The predicted molar refractivity (Wildman–Crippen MR) is 150 cm³/mol. The van der Waals surface area contributed by atoms with Crippen LogP contribution in [0.1, 0.15) is 38.8 Å². The highest BCUT2D eigenvalue weighted by Crippen LogP contribution is 2.46. The Hall–Kier alpha value is -4.11. The van der Waals surface area contributed by atoms with Gasteiger partial charge in [-0.25, -0.2) is 0 Å². The second-order valence-electron chi connectivity index (χ2n) is 10.3. The lowest BCUT2D eigenvalue weighted by molar-refractivity contribution is 0.410. The van der Waals surface area contributed by atoms with Crippen LogP contribution in [-0.4, -0.2) is 4.98 Å². The third-order valence-corrected chi connectivity index (χ3v) is 6.67. The highest BCUT2D eigenvalue weighted by molar-refractivity contribution is 6.34. The standard InChI is InChI=1S/C33H27NO2/c1-19-18-34-26(16-20(19)17-33(2,3)4)23-13-9-14-25-29-28-24-12-7-8-15-27(24)35-31(28)21-10-5-6-11-22(21)32(29)36-30(23)25/h5-16,18H,17H2,1-4H3/i1D3,17D2. The van der Waals surface area contributed by atoms with Crippen molar-refractivity contribution in [2.24, 2.45) is 5.41 Å². The van der Waals surface area contributed by atoms with E-state index in [1.807, 2.05) is 66.7 Å². The molecule has 0 amide bonds. The summed E-state index contributed by atoms with van der Waals surface area (Å²) in [7, 11) is 0. The monoisotopic (exact) mass is 474 g/mol. The molecule has 0 N–H and O–H groups in total. The topological polar surface area (TPSA) is 39.2 Å². The molecule has 4 aromatic carbocycles. The van der Waals surface area contributed by atoms with Crippen molar-refractivity contribution in [1.82, 2.24) is 4.98 Å². The molecule has 0 saturated heterocycles. The molecule has 0 atom stereocenters. The van der Waals surface area contributed by atoms with Crippen molar-refractivity contribution in [3.05, 3.63) is 90.1 Å². The summed E-state index contributed by atoms with van der Waals surface area (Å²) in [5.74, 6) is 0. The lowest BCUT2D eigenvalue weighted by atomic mass is 9.86. The molecule has 3 aromatic heterocycles. The Balaban J connectivity index is 1.60. The number of rotatable bonds is 2. The number of hydrogen-bond acceptors (Lipinski definition) is 3. The molecule has 0 radical (unpaired) electrons. The van der Waals surface area contributed by atoms with Gasteiger partial charge in [-0.15, -0.1) is 0 Å². The van der Waals surface area contributed by atoms with E-state index in [0.717, 1.165) is 49.1 Å². The van der Waals surface area contributed by atoms with Crippen molar-refractivity contribution in [2.75, 3.05) is 0 Å². The first-order chi connectivity index (χ1) is 19.4. The zero-order valence-electron chi connectivity index (χ0n) is 25.3. The van der Waals surface area contributed by atoms with E-state index in [2.05, 4.69) is 4.98 Å². The minimum atomic E-state index is -2.52. The van der Waals surface area contributed by atoms with E-state index in [1.54, 1.807) is 26.8 Å². The van der Waals surface area contributed by atoms with Gasteiger partial charge >= 0.3 is 0 Å².